The summed E-state index contributed by atoms with van der Waals surface area (Å²) in [6.45, 7) is 0. The smallest absolute Gasteiger partial charge is 0.358 e. The van der Waals surface area contributed by atoms with Crippen LogP contribution in [0.3, 0.4) is 0 Å². The Morgan fingerprint density at radius 3 is 2.76 bits per heavy atom. The minimum Gasteiger partial charge on any atom is -0.481 e. The largest absolute Gasteiger partial charge is 0.481 e. The molecule has 1 aliphatic carbocycles. The fraction of sp³-hybridized carbons (Fsp3) is 0.500. The van der Waals surface area contributed by atoms with E-state index in [4.69, 9.17) is 14.6 Å². The molecule has 1 spiro atoms. The quantitative estimate of drug-likeness (QED) is 0.820. The second kappa shape index (κ2) is 4.98. The van der Waals surface area contributed by atoms with Gasteiger partial charge in [0.25, 0.3) is 0 Å². The van der Waals surface area contributed by atoms with Crippen LogP contribution in [0.2, 0.25) is 0 Å². The molecule has 3 rings (SSSR count). The van der Waals surface area contributed by atoms with Crippen LogP contribution >= 0.6 is 15.9 Å². The van der Waals surface area contributed by atoms with Gasteiger partial charge in [0.15, 0.2) is 5.69 Å². The van der Waals surface area contributed by atoms with Crippen molar-refractivity contribution in [2.24, 2.45) is 5.92 Å². The van der Waals surface area contributed by atoms with Crippen LogP contribution in [-0.4, -0.2) is 29.1 Å². The summed E-state index contributed by atoms with van der Waals surface area (Å²) in [7, 11) is 1.48. The van der Waals surface area contributed by atoms with E-state index in [1.807, 2.05) is 0 Å². The molecule has 0 saturated heterocycles. The minimum absolute atomic E-state index is 0.267. The second-order valence-electron chi connectivity index (χ2n) is 5.37. The predicted molar refractivity (Wildman–Crippen MR) is 75.2 cm³/mol. The number of carbonyl (C=O) groups is 2. The Morgan fingerprint density at radius 2 is 2.19 bits per heavy atom. The Hall–Kier alpha value is -1.63. The van der Waals surface area contributed by atoms with E-state index in [1.54, 1.807) is 6.07 Å². The van der Waals surface area contributed by atoms with Crippen molar-refractivity contribution in [2.75, 3.05) is 7.11 Å². The molecule has 112 valence electrons. The molecule has 0 radical (unpaired) electrons. The predicted octanol–water partition coefficient (Wildman–Crippen LogP) is 2.49. The van der Waals surface area contributed by atoms with Crippen molar-refractivity contribution in [3.63, 3.8) is 0 Å². The highest BCUT2D eigenvalue weighted by atomic mass is 79.9. The maximum absolute atomic E-state index is 12.1. The van der Waals surface area contributed by atoms with Gasteiger partial charge in [0.1, 0.15) is 5.60 Å². The summed E-state index contributed by atoms with van der Waals surface area (Å²) >= 11 is 3.37. The number of ether oxygens (including phenoxy) is 2. The number of hydrogen-bond acceptors (Lipinski definition) is 5. The van der Waals surface area contributed by atoms with Crippen molar-refractivity contribution in [3.05, 3.63) is 21.8 Å². The molecule has 0 bridgehead atoms. The van der Waals surface area contributed by atoms with Crippen molar-refractivity contribution in [1.29, 1.82) is 0 Å². The lowest BCUT2D eigenvalue weighted by atomic mass is 9.75. The highest BCUT2D eigenvalue weighted by Gasteiger charge is 2.49. The van der Waals surface area contributed by atoms with Crippen molar-refractivity contribution in [1.82, 2.24) is 4.98 Å². The molecule has 21 heavy (non-hydrogen) atoms. The van der Waals surface area contributed by atoms with Crippen molar-refractivity contribution in [2.45, 2.75) is 31.3 Å². The fourth-order valence-corrected chi connectivity index (χ4v) is 3.58. The van der Waals surface area contributed by atoms with Gasteiger partial charge in [-0.3, -0.25) is 4.79 Å². The van der Waals surface area contributed by atoms with Gasteiger partial charge in [0.05, 0.1) is 17.5 Å². The minimum atomic E-state index is -0.788. The van der Waals surface area contributed by atoms with Gasteiger partial charge in [-0.25, -0.2) is 9.78 Å². The summed E-state index contributed by atoms with van der Waals surface area (Å²) in [6, 6.07) is 1.80. The van der Waals surface area contributed by atoms with Crippen molar-refractivity contribution >= 4 is 27.9 Å². The number of halogens is 1. The number of fused-ring (bicyclic) bond motifs is 2. The number of esters is 1. The summed E-state index contributed by atoms with van der Waals surface area (Å²) in [4.78, 5) is 27.3. The van der Waals surface area contributed by atoms with Crippen LogP contribution in [0.15, 0.2) is 10.5 Å². The molecule has 0 aromatic carbocycles. The number of carbonyl (C=O) groups excluding carboxylic acids is 1. The average Bonchev–Trinajstić information content (AvgIpc) is 2.71. The molecule has 1 aromatic rings. The monoisotopic (exact) mass is 355 g/mol. The molecule has 0 unspecified atom stereocenters. The van der Waals surface area contributed by atoms with Gasteiger partial charge < -0.3 is 14.6 Å². The van der Waals surface area contributed by atoms with E-state index in [0.717, 1.165) is 5.56 Å². The topological polar surface area (TPSA) is 85.7 Å². The van der Waals surface area contributed by atoms with Crippen LogP contribution in [0.5, 0.6) is 5.88 Å². The first-order valence-corrected chi connectivity index (χ1v) is 7.47. The standard InChI is InChI=1S/C14H14BrNO5/c1-20-11-9(15)6-8-10(16-11)13(19)21-14(8)4-2-7(3-5-14)12(17)18/h6-7H,2-5H2,1H3,(H,17,18). The zero-order chi connectivity index (χ0) is 15.2. The molecule has 2 heterocycles. The first-order chi connectivity index (χ1) is 9.97. The first-order valence-electron chi connectivity index (χ1n) is 6.68. The summed E-state index contributed by atoms with van der Waals surface area (Å²) in [6.07, 6.45) is 1.99. The third-order valence-electron chi connectivity index (χ3n) is 4.25. The third kappa shape index (κ3) is 2.19. The molecule has 1 aromatic heterocycles. The van der Waals surface area contributed by atoms with Gasteiger partial charge >= 0.3 is 11.9 Å². The Labute approximate surface area is 129 Å². The van der Waals surface area contributed by atoms with Crippen molar-refractivity contribution in [3.8, 4) is 5.88 Å². The van der Waals surface area contributed by atoms with Gasteiger partial charge in [-0.1, -0.05) is 0 Å². The second-order valence-corrected chi connectivity index (χ2v) is 6.23. The van der Waals surface area contributed by atoms with Crippen molar-refractivity contribution < 1.29 is 24.2 Å². The summed E-state index contributed by atoms with van der Waals surface area (Å²) < 4.78 is 11.3. The third-order valence-corrected chi connectivity index (χ3v) is 4.82. The number of rotatable bonds is 2. The Bertz CT molecular complexity index is 622. The van der Waals surface area contributed by atoms with E-state index in [9.17, 15) is 9.59 Å². The maximum atomic E-state index is 12.1. The number of hydrogen-bond donors (Lipinski definition) is 1. The lowest BCUT2D eigenvalue weighted by molar-refractivity contribution is -0.144. The summed E-state index contributed by atoms with van der Waals surface area (Å²) in [5.74, 6) is -1.29. The van der Waals surface area contributed by atoms with Gasteiger partial charge in [-0.2, -0.15) is 0 Å². The Morgan fingerprint density at radius 1 is 1.52 bits per heavy atom. The molecular formula is C14H14BrNO5. The number of methoxy groups -OCH3 is 1. The van der Waals surface area contributed by atoms with E-state index < -0.39 is 17.5 Å². The molecule has 6 nitrogen and oxygen atoms in total. The number of carboxylic acids is 1. The van der Waals surface area contributed by atoms with Crippen LogP contribution in [0.4, 0.5) is 0 Å². The molecule has 1 N–H and O–H groups in total. The molecule has 1 fully saturated rings. The van der Waals surface area contributed by atoms with Crippen LogP contribution in [0.1, 0.15) is 41.7 Å². The highest BCUT2D eigenvalue weighted by molar-refractivity contribution is 9.10. The molecule has 1 aliphatic heterocycles. The molecule has 1 saturated carbocycles. The summed E-state index contributed by atoms with van der Waals surface area (Å²) in [5.41, 5.74) is 0.257. The zero-order valence-electron chi connectivity index (χ0n) is 11.4. The van der Waals surface area contributed by atoms with E-state index >= 15 is 0 Å². The summed E-state index contributed by atoms with van der Waals surface area (Å²) in [5, 5.41) is 9.09. The van der Waals surface area contributed by atoms with Crippen LogP contribution in [0, 0.1) is 5.92 Å². The Balaban J connectivity index is 1.97. The lowest BCUT2D eigenvalue weighted by Crippen LogP contribution is -2.34. The first kappa shape index (κ1) is 14.3. The molecule has 2 aliphatic rings. The molecule has 0 atom stereocenters. The van der Waals surface area contributed by atoms with Gasteiger partial charge in [0, 0.05) is 5.56 Å². The highest BCUT2D eigenvalue weighted by Crippen LogP contribution is 2.49. The number of pyridine rings is 1. The van der Waals surface area contributed by atoms with E-state index in [2.05, 4.69) is 20.9 Å². The number of aliphatic carboxylic acids is 1. The van der Waals surface area contributed by atoms with E-state index in [1.165, 1.54) is 7.11 Å². The van der Waals surface area contributed by atoms with E-state index in [-0.39, 0.29) is 11.6 Å². The lowest BCUT2D eigenvalue weighted by Gasteiger charge is -2.35. The van der Waals surface area contributed by atoms with Crippen LogP contribution in [-0.2, 0) is 15.1 Å². The van der Waals surface area contributed by atoms with Crippen LogP contribution in [0.25, 0.3) is 0 Å². The maximum Gasteiger partial charge on any atom is 0.358 e. The van der Waals surface area contributed by atoms with Gasteiger partial charge in [0.2, 0.25) is 5.88 Å². The molecule has 0 amide bonds. The molecule has 7 heteroatoms. The Kier molecular flexibility index (Phi) is 3.39. The zero-order valence-corrected chi connectivity index (χ0v) is 13.0. The van der Waals surface area contributed by atoms with Gasteiger partial charge in [-0.15, -0.1) is 0 Å². The SMILES string of the molecule is COc1nc2c(cc1Br)C1(CCC(C(=O)O)CC1)OC2=O. The number of nitrogens with zero attached hydrogens (tertiary/aromatic N) is 1. The number of aromatic nitrogens is 1. The molecular weight excluding hydrogens is 342 g/mol. The number of carboxylic acid groups (broad SMARTS) is 1. The van der Waals surface area contributed by atoms with Gasteiger partial charge in [-0.05, 0) is 47.7 Å². The normalized spacial score (nSPS) is 27.3. The fourth-order valence-electron chi connectivity index (χ4n) is 3.10. The van der Waals surface area contributed by atoms with E-state index in [0.29, 0.717) is 36.0 Å². The average molecular weight is 356 g/mol. The van der Waals surface area contributed by atoms with Crippen LogP contribution < -0.4 is 4.74 Å².